The highest BCUT2D eigenvalue weighted by atomic mass is 32.2. The van der Waals surface area contributed by atoms with Crippen LogP contribution < -0.4 is 15.5 Å². The van der Waals surface area contributed by atoms with Gasteiger partial charge in [0, 0.05) is 49.4 Å². The average Bonchev–Trinajstić information content (AvgIpc) is 2.70. The van der Waals surface area contributed by atoms with Gasteiger partial charge in [-0.25, -0.2) is 8.42 Å². The third-order valence-electron chi connectivity index (χ3n) is 6.11. The first-order valence-electron chi connectivity index (χ1n) is 10.9. The number of aromatic nitrogens is 1. The first-order chi connectivity index (χ1) is 15.5. The minimum atomic E-state index is -4.48. The molecule has 2 aliphatic rings. The van der Waals surface area contributed by atoms with Crippen LogP contribution in [0.25, 0.3) is 10.9 Å². The standard InChI is InChI=1S/C22H27F3N4O3S/c1-14-9-15(26-8-6-20(30)28-16-12-33(31,32)13-16)11-29(10-14)19-5-4-18(22(23,24)25)21-17(19)3-2-7-27-21/h2-5,7,14-16,26H,6,8-13H2,1H3,(H,28,30)/t14-,15+/m0/s1. The molecule has 33 heavy (non-hydrogen) atoms. The van der Waals surface area contributed by atoms with E-state index in [1.807, 2.05) is 0 Å². The van der Waals surface area contributed by atoms with Crippen LogP contribution in [0.5, 0.6) is 0 Å². The zero-order chi connectivity index (χ0) is 23.8. The number of amides is 1. The number of carbonyl (C=O) groups excluding carboxylic acids is 1. The highest BCUT2D eigenvalue weighted by Crippen LogP contribution is 2.38. The summed E-state index contributed by atoms with van der Waals surface area (Å²) in [5.74, 6) is 0.108. The lowest BCUT2D eigenvalue weighted by atomic mass is 9.94. The lowest BCUT2D eigenvalue weighted by molar-refractivity contribution is -0.136. The Balaban J connectivity index is 1.40. The second-order valence-corrected chi connectivity index (χ2v) is 11.2. The number of benzene rings is 1. The van der Waals surface area contributed by atoms with Crippen molar-refractivity contribution in [3.8, 4) is 0 Å². The normalized spacial score (nSPS) is 23.3. The topological polar surface area (TPSA) is 91.4 Å². The summed E-state index contributed by atoms with van der Waals surface area (Å²) in [7, 11) is -2.98. The van der Waals surface area contributed by atoms with E-state index in [0.717, 1.165) is 12.5 Å². The van der Waals surface area contributed by atoms with Crippen LogP contribution in [0.2, 0.25) is 0 Å². The summed E-state index contributed by atoms with van der Waals surface area (Å²) in [5.41, 5.74) is -0.0832. The monoisotopic (exact) mass is 484 g/mol. The molecule has 11 heteroatoms. The van der Waals surface area contributed by atoms with Crippen LogP contribution in [0.3, 0.4) is 0 Å². The Morgan fingerprint density at radius 3 is 2.64 bits per heavy atom. The van der Waals surface area contributed by atoms with E-state index in [2.05, 4.69) is 27.4 Å². The fourth-order valence-electron chi connectivity index (χ4n) is 4.70. The number of rotatable bonds is 6. The molecule has 2 N–H and O–H groups in total. The SMILES string of the molecule is C[C@H]1C[C@@H](NCCC(=O)NC2CS(=O)(=O)C2)CN(c2ccc(C(F)(F)F)c3ncccc23)C1. The van der Waals surface area contributed by atoms with Crippen LogP contribution >= 0.6 is 0 Å². The van der Waals surface area contributed by atoms with Gasteiger partial charge in [-0.15, -0.1) is 0 Å². The lowest BCUT2D eigenvalue weighted by Gasteiger charge is -2.39. The first kappa shape index (κ1) is 23.7. The van der Waals surface area contributed by atoms with E-state index in [0.29, 0.717) is 36.6 Å². The molecule has 2 atom stereocenters. The summed E-state index contributed by atoms with van der Waals surface area (Å²) in [6.45, 7) is 3.84. The maximum atomic E-state index is 13.4. The van der Waals surface area contributed by atoms with Crippen molar-refractivity contribution >= 4 is 32.3 Å². The molecule has 0 saturated carbocycles. The summed E-state index contributed by atoms with van der Waals surface area (Å²) < 4.78 is 62.7. The minimum absolute atomic E-state index is 0.00277. The fraction of sp³-hybridized carbons (Fsp3) is 0.545. The summed E-state index contributed by atoms with van der Waals surface area (Å²) in [6.07, 6.45) is -1.99. The van der Waals surface area contributed by atoms with Gasteiger partial charge in [-0.05, 0) is 36.6 Å². The smallest absolute Gasteiger partial charge is 0.369 e. The molecule has 0 unspecified atom stereocenters. The van der Waals surface area contributed by atoms with Crippen molar-refractivity contribution in [1.82, 2.24) is 15.6 Å². The number of halogens is 3. The van der Waals surface area contributed by atoms with Crippen LogP contribution in [-0.2, 0) is 20.8 Å². The van der Waals surface area contributed by atoms with Crippen LogP contribution in [0.4, 0.5) is 18.9 Å². The van der Waals surface area contributed by atoms with Gasteiger partial charge in [0.2, 0.25) is 5.91 Å². The van der Waals surface area contributed by atoms with Gasteiger partial charge in [0.15, 0.2) is 9.84 Å². The number of pyridine rings is 1. The van der Waals surface area contributed by atoms with E-state index >= 15 is 0 Å². The molecule has 1 aromatic heterocycles. The average molecular weight is 485 g/mol. The zero-order valence-electron chi connectivity index (χ0n) is 18.2. The number of sulfone groups is 1. The van der Waals surface area contributed by atoms with Crippen LogP contribution in [0.15, 0.2) is 30.5 Å². The molecular weight excluding hydrogens is 457 g/mol. The van der Waals surface area contributed by atoms with Crippen molar-refractivity contribution in [2.24, 2.45) is 5.92 Å². The Bertz CT molecular complexity index is 1130. The first-order valence-corrected chi connectivity index (χ1v) is 12.8. The maximum Gasteiger partial charge on any atom is 0.418 e. The summed E-state index contributed by atoms with van der Waals surface area (Å²) in [4.78, 5) is 18.1. The molecule has 0 bridgehead atoms. The van der Waals surface area contributed by atoms with Crippen molar-refractivity contribution in [2.45, 2.75) is 38.0 Å². The zero-order valence-corrected chi connectivity index (χ0v) is 19.0. The number of anilines is 1. The fourth-order valence-corrected chi connectivity index (χ4v) is 5.99. The second-order valence-electron chi connectivity index (χ2n) is 9.02. The predicted molar refractivity (Wildman–Crippen MR) is 120 cm³/mol. The van der Waals surface area contributed by atoms with Crippen molar-refractivity contribution in [2.75, 3.05) is 36.0 Å². The number of alkyl halides is 3. The van der Waals surface area contributed by atoms with Gasteiger partial charge in [0.25, 0.3) is 0 Å². The number of carbonyl (C=O) groups is 1. The number of hydrogen-bond acceptors (Lipinski definition) is 6. The molecule has 2 fully saturated rings. The molecule has 2 aliphatic heterocycles. The quantitative estimate of drug-likeness (QED) is 0.654. The molecule has 1 amide bonds. The molecule has 3 heterocycles. The van der Waals surface area contributed by atoms with Gasteiger partial charge in [-0.3, -0.25) is 9.78 Å². The van der Waals surface area contributed by atoms with E-state index in [1.54, 1.807) is 12.1 Å². The van der Waals surface area contributed by atoms with Crippen molar-refractivity contribution in [3.05, 3.63) is 36.0 Å². The van der Waals surface area contributed by atoms with Gasteiger partial charge in [0.1, 0.15) is 0 Å². The number of fused-ring (bicyclic) bond motifs is 1. The Hall–Kier alpha value is -2.40. The van der Waals surface area contributed by atoms with E-state index in [9.17, 15) is 26.4 Å². The second kappa shape index (κ2) is 9.09. The Kier molecular flexibility index (Phi) is 6.54. The highest BCUT2D eigenvalue weighted by Gasteiger charge is 2.35. The molecule has 180 valence electrons. The molecule has 4 rings (SSSR count). The van der Waals surface area contributed by atoms with Gasteiger partial charge in [-0.1, -0.05) is 6.92 Å². The largest absolute Gasteiger partial charge is 0.418 e. The van der Waals surface area contributed by atoms with E-state index in [-0.39, 0.29) is 41.4 Å². The lowest BCUT2D eigenvalue weighted by Crippen LogP contribution is -2.53. The number of nitrogens with zero attached hydrogens (tertiary/aromatic N) is 2. The Morgan fingerprint density at radius 2 is 1.94 bits per heavy atom. The van der Waals surface area contributed by atoms with Gasteiger partial charge in [0.05, 0.1) is 28.6 Å². The molecule has 0 spiro atoms. The number of nitrogens with one attached hydrogen (secondary N) is 2. The molecule has 2 saturated heterocycles. The molecule has 0 radical (unpaired) electrons. The molecule has 2 aromatic rings. The van der Waals surface area contributed by atoms with E-state index in [4.69, 9.17) is 0 Å². The predicted octanol–water partition coefficient (Wildman–Crippen LogP) is 2.36. The Labute approximate surface area is 190 Å². The summed E-state index contributed by atoms with van der Waals surface area (Å²) in [6, 6.07) is 5.69. The number of hydrogen-bond donors (Lipinski definition) is 2. The highest BCUT2D eigenvalue weighted by molar-refractivity contribution is 7.92. The molecule has 7 nitrogen and oxygen atoms in total. The van der Waals surface area contributed by atoms with Crippen molar-refractivity contribution < 1.29 is 26.4 Å². The molecule has 0 aliphatic carbocycles. The Morgan fingerprint density at radius 1 is 1.18 bits per heavy atom. The van der Waals surface area contributed by atoms with Crippen molar-refractivity contribution in [3.63, 3.8) is 0 Å². The third-order valence-corrected chi connectivity index (χ3v) is 7.93. The van der Waals surface area contributed by atoms with Crippen LogP contribution in [0.1, 0.15) is 25.3 Å². The van der Waals surface area contributed by atoms with Crippen LogP contribution in [0, 0.1) is 5.92 Å². The summed E-state index contributed by atoms with van der Waals surface area (Å²) >= 11 is 0. The maximum absolute atomic E-state index is 13.4. The molecular formula is C22H27F3N4O3S. The number of piperidine rings is 1. The van der Waals surface area contributed by atoms with Gasteiger partial charge < -0.3 is 15.5 Å². The van der Waals surface area contributed by atoms with E-state index < -0.39 is 21.6 Å². The minimum Gasteiger partial charge on any atom is -0.369 e. The summed E-state index contributed by atoms with van der Waals surface area (Å²) in [5, 5.41) is 6.57. The van der Waals surface area contributed by atoms with Crippen molar-refractivity contribution in [1.29, 1.82) is 0 Å². The molecule has 1 aromatic carbocycles. The van der Waals surface area contributed by atoms with Gasteiger partial charge >= 0.3 is 6.18 Å². The van der Waals surface area contributed by atoms with Crippen LogP contribution in [-0.4, -0.2) is 62.5 Å². The van der Waals surface area contributed by atoms with E-state index in [1.165, 1.54) is 12.3 Å². The third kappa shape index (κ3) is 5.57. The van der Waals surface area contributed by atoms with Gasteiger partial charge in [-0.2, -0.15) is 13.2 Å².